The van der Waals surface area contributed by atoms with Gasteiger partial charge in [0, 0.05) is 10.4 Å². The number of benzene rings is 2. The monoisotopic (exact) mass is 336 g/mol. The van der Waals surface area contributed by atoms with Crippen LogP contribution in [0.4, 0.5) is 0 Å². The van der Waals surface area contributed by atoms with Crippen molar-refractivity contribution in [2.45, 2.75) is 13.5 Å². The fourth-order valence-corrected chi connectivity index (χ4v) is 3.29. The first kappa shape index (κ1) is 14.8. The van der Waals surface area contributed by atoms with E-state index in [9.17, 15) is 9.59 Å². The second-order valence-corrected chi connectivity index (χ2v) is 6.23. The molecule has 0 spiro atoms. The molecule has 4 rings (SSSR count). The van der Waals surface area contributed by atoms with E-state index < -0.39 is 0 Å². The van der Waals surface area contributed by atoms with Crippen molar-refractivity contribution in [3.05, 3.63) is 75.9 Å². The Kier molecular flexibility index (Phi) is 3.36. The van der Waals surface area contributed by atoms with Gasteiger partial charge in [0.2, 0.25) is 0 Å². The van der Waals surface area contributed by atoms with E-state index in [-0.39, 0.29) is 18.4 Å². The van der Waals surface area contributed by atoms with Crippen LogP contribution in [0.3, 0.4) is 0 Å². The normalized spacial score (nSPS) is 13.7. The van der Waals surface area contributed by atoms with Crippen molar-refractivity contribution in [1.29, 1.82) is 0 Å². The molecule has 0 saturated carbocycles. The minimum Gasteiger partial charge on any atom is -0.270 e. The first-order valence-electron chi connectivity index (χ1n) is 7.56. The molecule has 0 aliphatic carbocycles. The molecule has 1 aromatic heterocycles. The van der Waals surface area contributed by atoms with E-state index in [1.54, 1.807) is 25.1 Å². The molecule has 0 unspecified atom stereocenters. The summed E-state index contributed by atoms with van der Waals surface area (Å²) < 4.78 is 0. The highest BCUT2D eigenvalue weighted by Gasteiger charge is 2.39. The number of carbonyl (C=O) groups excluding carboxylic acids is 2. The van der Waals surface area contributed by atoms with Crippen LogP contribution in [-0.2, 0) is 6.54 Å². The third-order valence-electron chi connectivity index (χ3n) is 4.23. The molecule has 4 nitrogen and oxygen atoms in total. The zero-order chi connectivity index (χ0) is 16.8. The van der Waals surface area contributed by atoms with E-state index in [2.05, 4.69) is 4.98 Å². The Morgan fingerprint density at radius 3 is 2.46 bits per heavy atom. The molecule has 1 aliphatic rings. The number of nitrogens with zero attached hydrogens (tertiary/aromatic N) is 2. The summed E-state index contributed by atoms with van der Waals surface area (Å²) in [6, 6.07) is 14.6. The van der Waals surface area contributed by atoms with Crippen LogP contribution in [0.15, 0.2) is 48.5 Å². The van der Waals surface area contributed by atoms with E-state index in [0.717, 1.165) is 5.56 Å². The molecule has 2 heterocycles. The number of hydrogen-bond donors (Lipinski definition) is 0. The smallest absolute Gasteiger partial charge is 0.263 e. The quantitative estimate of drug-likeness (QED) is 0.665. The maximum atomic E-state index is 12.9. The fourth-order valence-electron chi connectivity index (χ4n) is 3.11. The molecule has 2 aromatic carbocycles. The Morgan fingerprint density at radius 2 is 1.71 bits per heavy atom. The lowest BCUT2D eigenvalue weighted by Gasteiger charge is -2.13. The lowest BCUT2D eigenvalue weighted by Crippen LogP contribution is -2.29. The molecule has 2 amide bonds. The van der Waals surface area contributed by atoms with Gasteiger partial charge in [-0.05, 0) is 30.7 Å². The number of pyridine rings is 1. The molecule has 24 heavy (non-hydrogen) atoms. The van der Waals surface area contributed by atoms with Crippen LogP contribution in [0.5, 0.6) is 0 Å². The number of amides is 2. The molecule has 0 N–H and O–H groups in total. The maximum absolute atomic E-state index is 12.9. The topological polar surface area (TPSA) is 50.3 Å². The Bertz CT molecular complexity index is 999. The first-order chi connectivity index (χ1) is 11.6. The second kappa shape index (κ2) is 5.42. The van der Waals surface area contributed by atoms with Gasteiger partial charge in [0.15, 0.2) is 0 Å². The van der Waals surface area contributed by atoms with Crippen molar-refractivity contribution in [2.75, 3.05) is 0 Å². The van der Waals surface area contributed by atoms with Crippen LogP contribution in [0, 0.1) is 6.92 Å². The lowest BCUT2D eigenvalue weighted by molar-refractivity contribution is 0.0642. The summed E-state index contributed by atoms with van der Waals surface area (Å²) in [5.74, 6) is -0.595. The Morgan fingerprint density at radius 1 is 1.00 bits per heavy atom. The summed E-state index contributed by atoms with van der Waals surface area (Å²) in [5, 5.41) is 1.13. The second-order valence-electron chi connectivity index (χ2n) is 5.79. The number of halogens is 1. The molecule has 1 aliphatic heterocycles. The molecule has 0 atom stereocenters. The molecule has 3 aromatic rings. The third-order valence-corrected chi connectivity index (χ3v) is 4.46. The van der Waals surface area contributed by atoms with Gasteiger partial charge in [-0.25, -0.2) is 0 Å². The number of hydrogen-bond acceptors (Lipinski definition) is 3. The first-order valence-corrected chi connectivity index (χ1v) is 7.94. The molecule has 5 heteroatoms. The highest BCUT2D eigenvalue weighted by molar-refractivity contribution is 6.32. The van der Waals surface area contributed by atoms with Crippen molar-refractivity contribution in [3.63, 3.8) is 0 Å². The zero-order valence-electron chi connectivity index (χ0n) is 12.9. The van der Waals surface area contributed by atoms with Crippen molar-refractivity contribution < 1.29 is 9.59 Å². The van der Waals surface area contributed by atoms with E-state index in [4.69, 9.17) is 11.6 Å². The fraction of sp³-hybridized carbons (Fsp3) is 0.105. The number of carbonyl (C=O) groups is 2. The molecule has 0 fully saturated rings. The minimum absolute atomic E-state index is 0.245. The van der Waals surface area contributed by atoms with Gasteiger partial charge in [-0.2, -0.15) is 0 Å². The lowest BCUT2D eigenvalue weighted by atomic mass is 10.0. The van der Waals surface area contributed by atoms with Crippen molar-refractivity contribution in [3.8, 4) is 0 Å². The maximum Gasteiger partial charge on any atom is 0.263 e. The van der Waals surface area contributed by atoms with Crippen LogP contribution in [0.25, 0.3) is 10.9 Å². The van der Waals surface area contributed by atoms with Gasteiger partial charge in [0.05, 0.1) is 28.9 Å². The van der Waals surface area contributed by atoms with Gasteiger partial charge in [-0.15, -0.1) is 0 Å². The van der Waals surface area contributed by atoms with E-state index >= 15 is 0 Å². The Hall–Kier alpha value is -2.72. The molecule has 0 saturated heterocycles. The van der Waals surface area contributed by atoms with Crippen molar-refractivity contribution >= 4 is 34.3 Å². The highest BCUT2D eigenvalue weighted by atomic mass is 35.5. The van der Waals surface area contributed by atoms with Crippen molar-refractivity contribution in [2.24, 2.45) is 0 Å². The summed E-state index contributed by atoms with van der Waals surface area (Å²) in [6.07, 6.45) is 0. The minimum atomic E-state index is -0.300. The number of aryl methyl sites for hydroxylation is 1. The van der Waals surface area contributed by atoms with Gasteiger partial charge < -0.3 is 0 Å². The molecule has 118 valence electrons. The average Bonchev–Trinajstić information content (AvgIpc) is 2.82. The Labute approximate surface area is 143 Å². The third kappa shape index (κ3) is 2.19. The standard InChI is InChI=1S/C19H13ClN2O2/c1-11-16-17(14-9-13(20)7-8-15(14)21-11)19(24)22(18(16)23)10-12-5-3-2-4-6-12/h2-9H,10H2,1H3. The van der Waals surface area contributed by atoms with E-state index in [1.807, 2.05) is 30.3 Å². The average molecular weight is 337 g/mol. The van der Waals surface area contributed by atoms with Gasteiger partial charge in [0.25, 0.3) is 11.8 Å². The molecular weight excluding hydrogens is 324 g/mol. The SMILES string of the molecule is Cc1nc2ccc(Cl)cc2c2c1C(=O)N(Cc1ccccc1)C2=O. The van der Waals surface area contributed by atoms with Crippen LogP contribution < -0.4 is 0 Å². The van der Waals surface area contributed by atoms with Gasteiger partial charge in [-0.1, -0.05) is 41.9 Å². The number of aromatic nitrogens is 1. The van der Waals surface area contributed by atoms with Crippen LogP contribution >= 0.6 is 11.6 Å². The predicted octanol–water partition coefficient (Wildman–Crippen LogP) is 3.99. The molecule has 0 bridgehead atoms. The largest absolute Gasteiger partial charge is 0.270 e. The summed E-state index contributed by atoms with van der Waals surface area (Å²) in [5.41, 5.74) is 2.92. The predicted molar refractivity (Wildman–Crippen MR) is 92.1 cm³/mol. The van der Waals surface area contributed by atoms with Crippen LogP contribution in [0.1, 0.15) is 32.0 Å². The van der Waals surface area contributed by atoms with Crippen LogP contribution in [-0.4, -0.2) is 21.7 Å². The number of imide groups is 1. The zero-order valence-corrected chi connectivity index (χ0v) is 13.7. The van der Waals surface area contributed by atoms with Gasteiger partial charge in [0.1, 0.15) is 0 Å². The summed E-state index contributed by atoms with van der Waals surface area (Å²) >= 11 is 6.07. The van der Waals surface area contributed by atoms with E-state index in [1.165, 1.54) is 4.90 Å². The summed E-state index contributed by atoms with van der Waals surface area (Å²) in [6.45, 7) is 2.00. The van der Waals surface area contributed by atoms with Gasteiger partial charge >= 0.3 is 0 Å². The summed E-state index contributed by atoms with van der Waals surface area (Å²) in [7, 11) is 0. The van der Waals surface area contributed by atoms with Gasteiger partial charge in [-0.3, -0.25) is 19.5 Å². The molecule has 0 radical (unpaired) electrons. The number of rotatable bonds is 2. The van der Waals surface area contributed by atoms with E-state index in [0.29, 0.717) is 32.7 Å². The highest BCUT2D eigenvalue weighted by Crippen LogP contribution is 2.33. The number of fused-ring (bicyclic) bond motifs is 3. The Balaban J connectivity index is 1.88. The molecular formula is C19H13ClN2O2. The summed E-state index contributed by atoms with van der Waals surface area (Å²) in [4.78, 5) is 31.4. The van der Waals surface area contributed by atoms with Crippen LogP contribution in [0.2, 0.25) is 5.02 Å². The van der Waals surface area contributed by atoms with Crippen molar-refractivity contribution in [1.82, 2.24) is 9.88 Å².